The molecule has 0 saturated heterocycles. The van der Waals surface area contributed by atoms with Crippen LogP contribution in [0.5, 0.6) is 11.5 Å². The average Bonchev–Trinajstić information content (AvgIpc) is 3.56. The molecule has 2 amide bonds. The fourth-order valence-electron chi connectivity index (χ4n) is 6.20. The number of rotatable bonds is 11. The zero-order valence-corrected chi connectivity index (χ0v) is 23.0. The third-order valence-corrected chi connectivity index (χ3v) is 8.44. The first-order chi connectivity index (χ1) is 19.0. The van der Waals surface area contributed by atoms with Crippen LogP contribution < -0.4 is 14.8 Å². The number of benzene rings is 3. The average molecular weight is 527 g/mol. The Balaban J connectivity index is 1.44. The van der Waals surface area contributed by atoms with E-state index in [1.807, 2.05) is 90.7 Å². The van der Waals surface area contributed by atoms with Crippen molar-refractivity contribution in [1.82, 2.24) is 10.2 Å². The highest BCUT2D eigenvalue weighted by atomic mass is 16.5. The number of ether oxygens (including phenoxy) is 2. The number of methoxy groups -OCH3 is 2. The standard InChI is InChI=1S/C33H38N2O4/c1-22(25-7-5-4-6-8-25)34-33(37)32(26-12-16-29(39-3)17-13-26)35(30-21-24-19-27(30)20-24)31(36)18-11-23-9-14-28(38-2)15-10-23/h4-10,12-17,22,24,27,30,32H,11,18-21H2,1-3H3,(H,34,37). The lowest BCUT2D eigenvalue weighted by Crippen LogP contribution is -2.50. The molecule has 0 heterocycles. The van der Waals surface area contributed by atoms with Crippen LogP contribution in [0.2, 0.25) is 0 Å². The summed E-state index contributed by atoms with van der Waals surface area (Å²) in [6.07, 6.45) is 4.20. The minimum absolute atomic E-state index is 0.0201. The Morgan fingerprint density at radius 2 is 1.46 bits per heavy atom. The van der Waals surface area contributed by atoms with E-state index in [4.69, 9.17) is 9.47 Å². The van der Waals surface area contributed by atoms with Gasteiger partial charge >= 0.3 is 0 Å². The molecule has 3 fully saturated rings. The molecule has 0 aromatic heterocycles. The topological polar surface area (TPSA) is 67.9 Å². The summed E-state index contributed by atoms with van der Waals surface area (Å²) in [5.74, 6) is 2.49. The van der Waals surface area contributed by atoms with Gasteiger partial charge in [-0.15, -0.1) is 0 Å². The highest BCUT2D eigenvalue weighted by molar-refractivity contribution is 5.89. The van der Waals surface area contributed by atoms with Crippen molar-refractivity contribution in [2.24, 2.45) is 11.8 Å². The van der Waals surface area contributed by atoms with Gasteiger partial charge in [0.1, 0.15) is 17.5 Å². The van der Waals surface area contributed by atoms with E-state index in [0.29, 0.717) is 24.7 Å². The lowest BCUT2D eigenvalue weighted by molar-refractivity contribution is -0.144. The van der Waals surface area contributed by atoms with E-state index in [0.717, 1.165) is 47.5 Å². The minimum atomic E-state index is -0.713. The summed E-state index contributed by atoms with van der Waals surface area (Å²) < 4.78 is 10.7. The zero-order valence-electron chi connectivity index (χ0n) is 23.0. The lowest BCUT2D eigenvalue weighted by atomic mass is 9.83. The molecule has 3 saturated carbocycles. The number of hydrogen-bond acceptors (Lipinski definition) is 4. The van der Waals surface area contributed by atoms with E-state index < -0.39 is 6.04 Å². The molecule has 0 aliphatic heterocycles. The van der Waals surface area contributed by atoms with Crippen LogP contribution in [0.15, 0.2) is 78.9 Å². The van der Waals surface area contributed by atoms with Crippen LogP contribution in [-0.4, -0.2) is 37.0 Å². The summed E-state index contributed by atoms with van der Waals surface area (Å²) in [7, 11) is 3.27. The second-order valence-electron chi connectivity index (χ2n) is 10.9. The summed E-state index contributed by atoms with van der Waals surface area (Å²) in [6, 6.07) is 24.5. The van der Waals surface area contributed by atoms with Gasteiger partial charge in [0, 0.05) is 12.5 Å². The van der Waals surface area contributed by atoms with Crippen LogP contribution >= 0.6 is 0 Å². The second-order valence-corrected chi connectivity index (χ2v) is 10.9. The summed E-state index contributed by atoms with van der Waals surface area (Å²) in [4.78, 5) is 30.1. The maximum Gasteiger partial charge on any atom is 0.247 e. The summed E-state index contributed by atoms with van der Waals surface area (Å²) >= 11 is 0. The smallest absolute Gasteiger partial charge is 0.247 e. The fraction of sp³-hybridized carbons (Fsp3) is 0.394. The van der Waals surface area contributed by atoms with Gasteiger partial charge in [0.2, 0.25) is 11.8 Å². The highest BCUT2D eigenvalue weighted by Crippen LogP contribution is 2.52. The van der Waals surface area contributed by atoms with Gasteiger partial charge in [-0.3, -0.25) is 9.59 Å². The van der Waals surface area contributed by atoms with Crippen molar-refractivity contribution in [3.05, 3.63) is 95.6 Å². The Morgan fingerprint density at radius 3 is 2.03 bits per heavy atom. The number of nitrogens with zero attached hydrogens (tertiary/aromatic N) is 1. The van der Waals surface area contributed by atoms with Crippen LogP contribution in [0.25, 0.3) is 0 Å². The van der Waals surface area contributed by atoms with Crippen molar-refractivity contribution < 1.29 is 19.1 Å². The summed E-state index contributed by atoms with van der Waals surface area (Å²) in [6.45, 7) is 1.99. The van der Waals surface area contributed by atoms with E-state index in [1.54, 1.807) is 14.2 Å². The first kappa shape index (κ1) is 26.8. The fourth-order valence-corrected chi connectivity index (χ4v) is 6.20. The molecule has 3 aliphatic rings. The third kappa shape index (κ3) is 5.95. The number of hydrogen-bond donors (Lipinski definition) is 1. The molecule has 1 N–H and O–H groups in total. The highest BCUT2D eigenvalue weighted by Gasteiger charge is 2.50. The van der Waals surface area contributed by atoms with Gasteiger partial charge in [-0.1, -0.05) is 54.6 Å². The monoisotopic (exact) mass is 526 g/mol. The molecular formula is C33H38N2O4. The maximum atomic E-state index is 14.1. The minimum Gasteiger partial charge on any atom is -0.497 e. The Kier molecular flexibility index (Phi) is 8.20. The lowest BCUT2D eigenvalue weighted by Gasteiger charge is -2.39. The molecule has 3 unspecified atom stereocenters. The normalized spacial score (nSPS) is 20.8. The predicted octanol–water partition coefficient (Wildman–Crippen LogP) is 5.88. The van der Waals surface area contributed by atoms with Crippen molar-refractivity contribution in [2.75, 3.05) is 14.2 Å². The first-order valence-corrected chi connectivity index (χ1v) is 13.9. The van der Waals surface area contributed by atoms with E-state index >= 15 is 0 Å². The van der Waals surface area contributed by atoms with E-state index in [9.17, 15) is 9.59 Å². The van der Waals surface area contributed by atoms with E-state index in [2.05, 4.69) is 5.32 Å². The van der Waals surface area contributed by atoms with Crippen molar-refractivity contribution in [3.63, 3.8) is 0 Å². The predicted molar refractivity (Wildman–Crippen MR) is 152 cm³/mol. The molecule has 3 aromatic rings. The van der Waals surface area contributed by atoms with Crippen LogP contribution in [0.3, 0.4) is 0 Å². The Bertz CT molecular complexity index is 1250. The molecule has 0 radical (unpaired) electrons. The largest absolute Gasteiger partial charge is 0.497 e. The number of nitrogens with one attached hydrogen (secondary N) is 1. The summed E-state index contributed by atoms with van der Waals surface area (Å²) in [5.41, 5.74) is 2.90. The van der Waals surface area contributed by atoms with Crippen LogP contribution in [0.1, 0.15) is 61.4 Å². The van der Waals surface area contributed by atoms with Gasteiger partial charge in [-0.05, 0) is 85.4 Å². The van der Waals surface area contributed by atoms with Gasteiger partial charge in [0.25, 0.3) is 0 Å². The van der Waals surface area contributed by atoms with Crippen LogP contribution in [-0.2, 0) is 16.0 Å². The Hall–Kier alpha value is -3.80. The Labute approximate surface area is 231 Å². The van der Waals surface area contributed by atoms with Crippen molar-refractivity contribution in [1.29, 1.82) is 0 Å². The number of aryl methyl sites for hydroxylation is 1. The summed E-state index contributed by atoms with van der Waals surface area (Å²) in [5, 5.41) is 3.22. The molecule has 3 atom stereocenters. The van der Waals surface area contributed by atoms with Crippen molar-refractivity contribution in [3.8, 4) is 11.5 Å². The SMILES string of the molecule is COc1ccc(CCC(=O)N(C(C(=O)NC(C)c2ccccc2)c2ccc(OC)cc2)C2CC3CC2C3)cc1. The van der Waals surface area contributed by atoms with Gasteiger partial charge in [0.05, 0.1) is 20.3 Å². The first-order valence-electron chi connectivity index (χ1n) is 13.9. The van der Waals surface area contributed by atoms with Crippen molar-refractivity contribution >= 4 is 11.8 Å². The molecule has 204 valence electrons. The third-order valence-electron chi connectivity index (χ3n) is 8.44. The van der Waals surface area contributed by atoms with Gasteiger partial charge in [-0.2, -0.15) is 0 Å². The maximum absolute atomic E-state index is 14.1. The molecule has 6 nitrogen and oxygen atoms in total. The zero-order chi connectivity index (χ0) is 27.4. The van der Waals surface area contributed by atoms with E-state index in [1.165, 1.54) is 0 Å². The van der Waals surface area contributed by atoms with Gasteiger partial charge in [-0.25, -0.2) is 0 Å². The number of carbonyl (C=O) groups excluding carboxylic acids is 2. The van der Waals surface area contributed by atoms with Gasteiger partial charge in [0.15, 0.2) is 0 Å². The molecule has 6 heteroatoms. The molecule has 39 heavy (non-hydrogen) atoms. The number of carbonyl (C=O) groups is 2. The molecular weight excluding hydrogens is 488 g/mol. The van der Waals surface area contributed by atoms with Gasteiger partial charge < -0.3 is 19.7 Å². The molecule has 3 aromatic carbocycles. The Morgan fingerprint density at radius 1 is 0.846 bits per heavy atom. The number of amides is 2. The van der Waals surface area contributed by atoms with Crippen LogP contribution in [0, 0.1) is 11.8 Å². The van der Waals surface area contributed by atoms with Crippen molar-refractivity contribution in [2.45, 2.75) is 57.2 Å². The molecule has 3 aliphatic carbocycles. The number of fused-ring (bicyclic) bond motifs is 1. The molecule has 2 bridgehead atoms. The van der Waals surface area contributed by atoms with E-state index in [-0.39, 0.29) is 23.9 Å². The molecule has 0 spiro atoms. The molecule has 6 rings (SSSR count). The van der Waals surface area contributed by atoms with Crippen LogP contribution in [0.4, 0.5) is 0 Å². The quantitative estimate of drug-likeness (QED) is 0.339. The second kappa shape index (κ2) is 11.9.